The topological polar surface area (TPSA) is 64.1 Å². The van der Waals surface area contributed by atoms with Crippen LogP contribution in [-0.4, -0.2) is 45.0 Å². The van der Waals surface area contributed by atoms with Crippen molar-refractivity contribution in [2.45, 2.75) is 39.7 Å². The zero-order valence-electron chi connectivity index (χ0n) is 15.3. The van der Waals surface area contributed by atoms with E-state index in [-0.39, 0.29) is 30.1 Å². The van der Waals surface area contributed by atoms with Crippen LogP contribution in [0.2, 0.25) is 0 Å². The Kier molecular flexibility index (Phi) is 10.6. The highest BCUT2D eigenvalue weighted by molar-refractivity contribution is 14.0. The summed E-state index contributed by atoms with van der Waals surface area (Å²) in [5.74, 6) is 2.33. The largest absolute Gasteiger partial charge is 0.490 e. The van der Waals surface area contributed by atoms with Gasteiger partial charge in [0.25, 0.3) is 0 Å². The summed E-state index contributed by atoms with van der Waals surface area (Å²) in [7, 11) is 0. The number of aliphatic imine (C=N–C) groups is 1. The molecule has 2 N–H and O–H groups in total. The van der Waals surface area contributed by atoms with E-state index in [2.05, 4.69) is 15.6 Å². The van der Waals surface area contributed by atoms with E-state index in [1.165, 1.54) is 0 Å². The van der Waals surface area contributed by atoms with Gasteiger partial charge in [0.15, 0.2) is 17.5 Å². The highest BCUT2D eigenvalue weighted by atomic mass is 127. The van der Waals surface area contributed by atoms with Gasteiger partial charge in [0.1, 0.15) is 0 Å². The summed E-state index contributed by atoms with van der Waals surface area (Å²) in [5.41, 5.74) is 0.928. The smallest absolute Gasteiger partial charge is 0.195 e. The Morgan fingerprint density at radius 2 is 2.00 bits per heavy atom. The summed E-state index contributed by atoms with van der Waals surface area (Å²) in [6.45, 7) is 9.75. The van der Waals surface area contributed by atoms with Crippen molar-refractivity contribution in [1.29, 1.82) is 0 Å². The van der Waals surface area contributed by atoms with Gasteiger partial charge in [-0.05, 0) is 39.3 Å². The second kappa shape index (κ2) is 12.2. The van der Waals surface area contributed by atoms with Crippen LogP contribution in [0.25, 0.3) is 0 Å². The maximum absolute atomic E-state index is 5.72. The van der Waals surface area contributed by atoms with Gasteiger partial charge in [-0.3, -0.25) is 4.99 Å². The zero-order chi connectivity index (χ0) is 17.2. The quantitative estimate of drug-likeness (QED) is 0.280. The van der Waals surface area contributed by atoms with E-state index in [1.54, 1.807) is 0 Å². The number of ether oxygens (including phenoxy) is 3. The average Bonchev–Trinajstić information content (AvgIpc) is 2.79. The fourth-order valence-electron chi connectivity index (χ4n) is 2.26. The molecule has 0 amide bonds. The molecule has 0 fully saturated rings. The van der Waals surface area contributed by atoms with Crippen LogP contribution < -0.4 is 20.1 Å². The van der Waals surface area contributed by atoms with Crippen LogP contribution in [0.3, 0.4) is 0 Å². The molecule has 2 rings (SSSR count). The van der Waals surface area contributed by atoms with Crippen LogP contribution in [0.4, 0.5) is 5.69 Å². The molecule has 0 saturated heterocycles. The fraction of sp³-hybridized carbons (Fsp3) is 0.611. The lowest BCUT2D eigenvalue weighted by molar-refractivity contribution is 0.0783. The van der Waals surface area contributed by atoms with Gasteiger partial charge in [0.05, 0.1) is 19.3 Å². The second-order valence-electron chi connectivity index (χ2n) is 5.87. The Bertz CT molecular complexity index is 538. The number of rotatable bonds is 7. The Labute approximate surface area is 167 Å². The van der Waals surface area contributed by atoms with Gasteiger partial charge >= 0.3 is 0 Å². The number of hydrogen-bond acceptors (Lipinski definition) is 4. The van der Waals surface area contributed by atoms with Crippen molar-refractivity contribution in [1.82, 2.24) is 5.32 Å². The van der Waals surface area contributed by atoms with Gasteiger partial charge in [-0.2, -0.15) is 0 Å². The summed E-state index contributed by atoms with van der Waals surface area (Å²) < 4.78 is 16.9. The predicted octanol–water partition coefficient (Wildman–Crippen LogP) is 3.66. The van der Waals surface area contributed by atoms with E-state index in [1.807, 2.05) is 39.0 Å². The van der Waals surface area contributed by atoms with Crippen molar-refractivity contribution < 1.29 is 14.2 Å². The van der Waals surface area contributed by atoms with Crippen LogP contribution >= 0.6 is 24.0 Å². The van der Waals surface area contributed by atoms with Crippen LogP contribution in [0.15, 0.2) is 23.2 Å². The van der Waals surface area contributed by atoms with Crippen molar-refractivity contribution in [2.75, 3.05) is 38.2 Å². The minimum absolute atomic E-state index is 0. The van der Waals surface area contributed by atoms with Gasteiger partial charge < -0.3 is 24.8 Å². The molecule has 25 heavy (non-hydrogen) atoms. The van der Waals surface area contributed by atoms with Crippen molar-refractivity contribution in [2.24, 2.45) is 4.99 Å². The maximum atomic E-state index is 5.72. The SMILES string of the molecule is CCNC(=NCCCOC(C)C)Nc1ccc2c(c1)OCCCO2.I. The molecule has 1 aliphatic heterocycles. The molecule has 0 aromatic heterocycles. The molecule has 0 spiro atoms. The van der Waals surface area contributed by atoms with Crippen molar-refractivity contribution >= 4 is 35.6 Å². The van der Waals surface area contributed by atoms with Gasteiger partial charge in [-0.25, -0.2) is 0 Å². The average molecular weight is 463 g/mol. The minimum atomic E-state index is 0. The molecule has 0 saturated carbocycles. The van der Waals surface area contributed by atoms with Crippen LogP contribution in [-0.2, 0) is 4.74 Å². The Morgan fingerprint density at radius 1 is 1.24 bits per heavy atom. The first kappa shape index (κ1) is 21.8. The number of benzene rings is 1. The lowest BCUT2D eigenvalue weighted by Crippen LogP contribution is -2.30. The summed E-state index contributed by atoms with van der Waals surface area (Å²) in [4.78, 5) is 4.58. The molecule has 0 unspecified atom stereocenters. The van der Waals surface area contributed by atoms with Crippen LogP contribution in [0.5, 0.6) is 11.5 Å². The molecule has 1 aromatic rings. The van der Waals surface area contributed by atoms with Crippen LogP contribution in [0, 0.1) is 0 Å². The van der Waals surface area contributed by atoms with Gasteiger partial charge in [-0.1, -0.05) is 0 Å². The van der Waals surface area contributed by atoms with E-state index in [9.17, 15) is 0 Å². The number of nitrogens with one attached hydrogen (secondary N) is 2. The first-order valence-electron chi connectivity index (χ1n) is 8.75. The number of hydrogen-bond donors (Lipinski definition) is 2. The first-order chi connectivity index (χ1) is 11.7. The van der Waals surface area contributed by atoms with Gasteiger partial charge in [-0.15, -0.1) is 24.0 Å². The molecular weight excluding hydrogens is 433 g/mol. The molecule has 6 nitrogen and oxygen atoms in total. The Morgan fingerprint density at radius 3 is 2.72 bits per heavy atom. The third kappa shape index (κ3) is 8.13. The van der Waals surface area contributed by atoms with Gasteiger partial charge in [0, 0.05) is 37.9 Å². The van der Waals surface area contributed by atoms with Crippen molar-refractivity contribution in [3.8, 4) is 11.5 Å². The Hall–Kier alpha value is -1.22. The van der Waals surface area contributed by atoms with Crippen molar-refractivity contribution in [3.63, 3.8) is 0 Å². The standard InChI is InChI=1S/C18H29N3O3.HI/c1-4-19-18(20-9-5-10-22-14(2)3)21-15-7-8-16-17(13-15)24-12-6-11-23-16;/h7-8,13-14H,4-6,9-12H2,1-3H3,(H2,19,20,21);1H. The van der Waals surface area contributed by atoms with E-state index < -0.39 is 0 Å². The molecule has 7 heteroatoms. The molecule has 1 aromatic carbocycles. The highest BCUT2D eigenvalue weighted by Crippen LogP contribution is 2.32. The number of anilines is 1. The number of guanidine groups is 1. The van der Waals surface area contributed by atoms with E-state index in [0.717, 1.165) is 49.1 Å². The summed E-state index contributed by atoms with van der Waals surface area (Å²) in [6.07, 6.45) is 2.07. The summed E-state index contributed by atoms with van der Waals surface area (Å²) in [6, 6.07) is 5.86. The van der Waals surface area contributed by atoms with Crippen LogP contribution in [0.1, 0.15) is 33.6 Å². The number of halogens is 1. The third-order valence-electron chi connectivity index (χ3n) is 3.38. The Balaban J connectivity index is 0.00000312. The number of nitrogens with zero attached hydrogens (tertiary/aromatic N) is 1. The monoisotopic (exact) mass is 463 g/mol. The summed E-state index contributed by atoms with van der Waals surface area (Å²) in [5, 5.41) is 6.56. The third-order valence-corrected chi connectivity index (χ3v) is 3.38. The lowest BCUT2D eigenvalue weighted by Gasteiger charge is -2.14. The molecule has 0 atom stereocenters. The molecule has 0 radical (unpaired) electrons. The fourth-order valence-corrected chi connectivity index (χ4v) is 2.26. The van der Waals surface area contributed by atoms with E-state index in [0.29, 0.717) is 19.8 Å². The first-order valence-corrected chi connectivity index (χ1v) is 8.75. The normalized spacial score (nSPS) is 13.8. The maximum Gasteiger partial charge on any atom is 0.195 e. The summed E-state index contributed by atoms with van der Waals surface area (Å²) >= 11 is 0. The van der Waals surface area contributed by atoms with E-state index >= 15 is 0 Å². The highest BCUT2D eigenvalue weighted by Gasteiger charge is 2.11. The van der Waals surface area contributed by atoms with Gasteiger partial charge in [0.2, 0.25) is 0 Å². The van der Waals surface area contributed by atoms with Crippen molar-refractivity contribution in [3.05, 3.63) is 18.2 Å². The number of fused-ring (bicyclic) bond motifs is 1. The molecule has 0 bridgehead atoms. The van der Waals surface area contributed by atoms with E-state index in [4.69, 9.17) is 14.2 Å². The minimum Gasteiger partial charge on any atom is -0.490 e. The molecule has 142 valence electrons. The predicted molar refractivity (Wildman–Crippen MR) is 113 cm³/mol. The molecule has 0 aliphatic carbocycles. The molecule has 1 heterocycles. The zero-order valence-corrected chi connectivity index (χ0v) is 17.7. The molecular formula is C18H30IN3O3. The second-order valence-corrected chi connectivity index (χ2v) is 5.87. The lowest BCUT2D eigenvalue weighted by atomic mass is 10.3. The molecule has 1 aliphatic rings.